The van der Waals surface area contributed by atoms with Crippen LogP contribution in [0.3, 0.4) is 0 Å². The third-order valence-electron chi connectivity index (χ3n) is 4.96. The molecule has 1 saturated heterocycles. The second-order valence-corrected chi connectivity index (χ2v) is 7.03. The Labute approximate surface area is 161 Å². The molecule has 5 heteroatoms. The molecule has 1 fully saturated rings. The van der Waals surface area contributed by atoms with Gasteiger partial charge in [0.1, 0.15) is 6.54 Å². The van der Waals surface area contributed by atoms with E-state index < -0.39 is 0 Å². The van der Waals surface area contributed by atoms with Crippen LogP contribution >= 0.6 is 0 Å². The van der Waals surface area contributed by atoms with Crippen LogP contribution in [0.1, 0.15) is 31.7 Å². The van der Waals surface area contributed by atoms with Crippen molar-refractivity contribution in [2.75, 3.05) is 34.8 Å². The third-order valence-corrected chi connectivity index (χ3v) is 4.96. The number of rotatable bonds is 5. The highest BCUT2D eigenvalue weighted by Gasteiger charge is 2.17. The average Bonchev–Trinajstić information content (AvgIpc) is 2.68. The van der Waals surface area contributed by atoms with Crippen LogP contribution in [-0.2, 0) is 9.59 Å². The standard InChI is InChI=1S/C22H27N3O2/c1-17-8-4-5-9-21(17)25(18(2)26)16-22(27)23-19-10-12-20(13-11-19)24-14-6-3-7-15-24/h4-5,8-13H,3,6-7,14-16H2,1-2H3,(H,23,27). The maximum atomic E-state index is 12.5. The van der Waals surface area contributed by atoms with Crippen molar-refractivity contribution in [3.8, 4) is 0 Å². The first kappa shape index (κ1) is 19.0. The molecule has 0 radical (unpaired) electrons. The highest BCUT2D eigenvalue weighted by Crippen LogP contribution is 2.22. The van der Waals surface area contributed by atoms with Crippen molar-refractivity contribution in [3.05, 3.63) is 54.1 Å². The van der Waals surface area contributed by atoms with Crippen molar-refractivity contribution in [2.24, 2.45) is 0 Å². The molecule has 142 valence electrons. The van der Waals surface area contributed by atoms with Gasteiger partial charge in [0.2, 0.25) is 11.8 Å². The van der Waals surface area contributed by atoms with Gasteiger partial charge in [-0.25, -0.2) is 0 Å². The number of aryl methyl sites for hydroxylation is 1. The average molecular weight is 365 g/mol. The van der Waals surface area contributed by atoms with Gasteiger partial charge in [0.05, 0.1) is 0 Å². The fourth-order valence-electron chi connectivity index (χ4n) is 3.48. The number of carbonyl (C=O) groups is 2. The van der Waals surface area contributed by atoms with Gasteiger partial charge in [0.25, 0.3) is 0 Å². The van der Waals surface area contributed by atoms with Gasteiger partial charge >= 0.3 is 0 Å². The molecular weight excluding hydrogens is 338 g/mol. The lowest BCUT2D eigenvalue weighted by molar-refractivity contribution is -0.120. The van der Waals surface area contributed by atoms with E-state index >= 15 is 0 Å². The Morgan fingerprint density at radius 3 is 2.30 bits per heavy atom. The number of nitrogens with one attached hydrogen (secondary N) is 1. The van der Waals surface area contributed by atoms with Gasteiger partial charge in [-0.1, -0.05) is 18.2 Å². The van der Waals surface area contributed by atoms with Crippen LogP contribution in [0.4, 0.5) is 17.1 Å². The number of nitrogens with zero attached hydrogens (tertiary/aromatic N) is 2. The minimum atomic E-state index is -0.209. The number of anilines is 3. The molecule has 1 aliphatic heterocycles. The Morgan fingerprint density at radius 2 is 1.67 bits per heavy atom. The molecule has 2 aromatic rings. The van der Waals surface area contributed by atoms with Crippen molar-refractivity contribution < 1.29 is 9.59 Å². The number of hydrogen-bond acceptors (Lipinski definition) is 3. The maximum absolute atomic E-state index is 12.5. The van der Waals surface area contributed by atoms with E-state index in [4.69, 9.17) is 0 Å². The molecular formula is C22H27N3O2. The lowest BCUT2D eigenvalue weighted by Gasteiger charge is -2.29. The molecule has 0 unspecified atom stereocenters. The van der Waals surface area contributed by atoms with E-state index in [1.54, 1.807) is 0 Å². The van der Waals surface area contributed by atoms with Gasteiger partial charge in [-0.3, -0.25) is 9.59 Å². The van der Waals surface area contributed by atoms with E-state index in [0.29, 0.717) is 0 Å². The molecule has 27 heavy (non-hydrogen) atoms. The van der Waals surface area contributed by atoms with Crippen LogP contribution < -0.4 is 15.1 Å². The zero-order valence-electron chi connectivity index (χ0n) is 16.1. The summed E-state index contributed by atoms with van der Waals surface area (Å²) in [5, 5.41) is 2.90. The van der Waals surface area contributed by atoms with Crippen molar-refractivity contribution in [1.82, 2.24) is 0 Å². The van der Waals surface area contributed by atoms with E-state index in [1.165, 1.54) is 36.8 Å². The van der Waals surface area contributed by atoms with Crippen LogP contribution in [0.2, 0.25) is 0 Å². The fraction of sp³-hybridized carbons (Fsp3) is 0.364. The molecule has 0 spiro atoms. The van der Waals surface area contributed by atoms with Gasteiger partial charge in [0.15, 0.2) is 0 Å². The second kappa shape index (κ2) is 8.71. The van der Waals surface area contributed by atoms with Gasteiger partial charge in [-0.15, -0.1) is 0 Å². The molecule has 2 amide bonds. The van der Waals surface area contributed by atoms with E-state index in [0.717, 1.165) is 30.0 Å². The quantitative estimate of drug-likeness (QED) is 0.872. The predicted octanol–water partition coefficient (Wildman–Crippen LogP) is 3.98. The van der Waals surface area contributed by atoms with Crippen molar-refractivity contribution in [2.45, 2.75) is 33.1 Å². The van der Waals surface area contributed by atoms with Crippen molar-refractivity contribution >= 4 is 28.9 Å². The molecule has 1 heterocycles. The van der Waals surface area contributed by atoms with E-state index in [2.05, 4.69) is 10.2 Å². The summed E-state index contributed by atoms with van der Waals surface area (Å²) in [6, 6.07) is 15.5. The maximum Gasteiger partial charge on any atom is 0.244 e. The molecule has 2 aromatic carbocycles. The second-order valence-electron chi connectivity index (χ2n) is 7.03. The molecule has 0 saturated carbocycles. The highest BCUT2D eigenvalue weighted by atomic mass is 16.2. The lowest BCUT2D eigenvalue weighted by atomic mass is 10.1. The summed E-state index contributed by atoms with van der Waals surface area (Å²) in [5.74, 6) is -0.362. The summed E-state index contributed by atoms with van der Waals surface area (Å²) in [6.07, 6.45) is 3.77. The van der Waals surface area contributed by atoms with E-state index in [9.17, 15) is 9.59 Å². The van der Waals surface area contributed by atoms with Crippen LogP contribution in [0.25, 0.3) is 0 Å². The summed E-state index contributed by atoms with van der Waals surface area (Å²) in [4.78, 5) is 28.4. The number of amides is 2. The minimum Gasteiger partial charge on any atom is -0.372 e. The topological polar surface area (TPSA) is 52.7 Å². The molecule has 1 N–H and O–H groups in total. The van der Waals surface area contributed by atoms with Crippen LogP contribution in [-0.4, -0.2) is 31.4 Å². The first-order valence-electron chi connectivity index (χ1n) is 9.53. The molecule has 0 aliphatic carbocycles. The minimum absolute atomic E-state index is 0.00589. The number of carbonyl (C=O) groups excluding carboxylic acids is 2. The number of benzene rings is 2. The zero-order valence-corrected chi connectivity index (χ0v) is 16.1. The SMILES string of the molecule is CC(=O)N(CC(=O)Nc1ccc(N2CCCCC2)cc1)c1ccccc1C. The molecule has 5 nitrogen and oxygen atoms in total. The fourth-order valence-corrected chi connectivity index (χ4v) is 3.48. The number of hydrogen-bond donors (Lipinski definition) is 1. The van der Waals surface area contributed by atoms with E-state index in [-0.39, 0.29) is 18.4 Å². The number of piperidine rings is 1. The molecule has 1 aliphatic rings. The first-order chi connectivity index (χ1) is 13.0. The Bertz CT molecular complexity index is 795. The zero-order chi connectivity index (χ0) is 19.2. The Hall–Kier alpha value is -2.82. The first-order valence-corrected chi connectivity index (χ1v) is 9.53. The summed E-state index contributed by atoms with van der Waals surface area (Å²) in [7, 11) is 0. The van der Waals surface area contributed by atoms with Crippen LogP contribution in [0, 0.1) is 6.92 Å². The Morgan fingerprint density at radius 1 is 1.00 bits per heavy atom. The van der Waals surface area contributed by atoms with Gasteiger partial charge < -0.3 is 15.1 Å². The third kappa shape index (κ3) is 4.88. The van der Waals surface area contributed by atoms with Crippen molar-refractivity contribution in [3.63, 3.8) is 0 Å². The van der Waals surface area contributed by atoms with E-state index in [1.807, 2.05) is 55.5 Å². The monoisotopic (exact) mass is 365 g/mol. The summed E-state index contributed by atoms with van der Waals surface area (Å²) in [6.45, 7) is 5.59. The number of para-hydroxylation sites is 1. The van der Waals surface area contributed by atoms with Gasteiger partial charge in [-0.05, 0) is 62.1 Å². The normalized spacial score (nSPS) is 13.9. The molecule has 0 atom stereocenters. The van der Waals surface area contributed by atoms with Gasteiger partial charge in [0, 0.05) is 37.1 Å². The predicted molar refractivity (Wildman–Crippen MR) is 110 cm³/mol. The lowest BCUT2D eigenvalue weighted by Crippen LogP contribution is -2.37. The Kier molecular flexibility index (Phi) is 6.12. The molecule has 0 bridgehead atoms. The van der Waals surface area contributed by atoms with Crippen LogP contribution in [0.15, 0.2) is 48.5 Å². The molecule has 0 aromatic heterocycles. The summed E-state index contributed by atoms with van der Waals surface area (Å²) in [5.41, 5.74) is 3.67. The Balaban J connectivity index is 1.64. The molecule has 3 rings (SSSR count). The van der Waals surface area contributed by atoms with Crippen LogP contribution in [0.5, 0.6) is 0 Å². The highest BCUT2D eigenvalue weighted by molar-refractivity contribution is 6.02. The summed E-state index contributed by atoms with van der Waals surface area (Å²) < 4.78 is 0. The largest absolute Gasteiger partial charge is 0.372 e. The van der Waals surface area contributed by atoms with Crippen molar-refractivity contribution in [1.29, 1.82) is 0 Å². The summed E-state index contributed by atoms with van der Waals surface area (Å²) >= 11 is 0. The smallest absolute Gasteiger partial charge is 0.244 e. The van der Waals surface area contributed by atoms with Gasteiger partial charge in [-0.2, -0.15) is 0 Å².